The van der Waals surface area contributed by atoms with Crippen LogP contribution in [0, 0.1) is 13.8 Å². The first kappa shape index (κ1) is 16.7. The fraction of sp³-hybridized carbons (Fsp3) is 0.222. The number of carbonyl (C=O) groups excluding carboxylic acids is 2. The number of hydrogen-bond donors (Lipinski definition) is 3. The van der Waals surface area contributed by atoms with E-state index in [1.165, 1.54) is 0 Å². The van der Waals surface area contributed by atoms with Gasteiger partial charge in [0.1, 0.15) is 0 Å². The average molecular weight is 311 g/mol. The standard InChI is InChI=1S/C18H21N3O2/c1-13-3-7-15(8-4-13)20-17(22)11-19-12-18(23)21-16-9-5-14(2)6-10-16/h3-10,19H,11-12H2,1-2H3,(H,20,22)(H,21,23). The molecular weight excluding hydrogens is 290 g/mol. The number of rotatable bonds is 6. The van der Waals surface area contributed by atoms with E-state index in [1.54, 1.807) is 0 Å². The summed E-state index contributed by atoms with van der Waals surface area (Å²) in [6.45, 7) is 4.13. The second-order valence-corrected chi connectivity index (χ2v) is 5.43. The fourth-order valence-corrected chi connectivity index (χ4v) is 1.97. The smallest absolute Gasteiger partial charge is 0.238 e. The fourth-order valence-electron chi connectivity index (χ4n) is 1.97. The Kier molecular flexibility index (Phi) is 5.88. The van der Waals surface area contributed by atoms with Crippen LogP contribution in [0.1, 0.15) is 11.1 Å². The number of aryl methyl sites for hydroxylation is 2. The Morgan fingerprint density at radius 2 is 1.04 bits per heavy atom. The monoisotopic (exact) mass is 311 g/mol. The van der Waals surface area contributed by atoms with E-state index in [1.807, 2.05) is 62.4 Å². The Labute approximate surface area is 136 Å². The van der Waals surface area contributed by atoms with Crippen molar-refractivity contribution in [3.8, 4) is 0 Å². The zero-order valence-corrected chi connectivity index (χ0v) is 13.3. The zero-order valence-electron chi connectivity index (χ0n) is 13.3. The van der Waals surface area contributed by atoms with Crippen molar-refractivity contribution in [2.45, 2.75) is 13.8 Å². The van der Waals surface area contributed by atoms with Crippen LogP contribution in [0.15, 0.2) is 48.5 Å². The third-order valence-electron chi connectivity index (χ3n) is 3.24. The first-order chi connectivity index (χ1) is 11.0. The van der Waals surface area contributed by atoms with Crippen molar-refractivity contribution < 1.29 is 9.59 Å². The van der Waals surface area contributed by atoms with E-state index in [0.29, 0.717) is 0 Å². The third kappa shape index (κ3) is 5.92. The summed E-state index contributed by atoms with van der Waals surface area (Å²) >= 11 is 0. The minimum absolute atomic E-state index is 0.0786. The van der Waals surface area contributed by atoms with Crippen molar-refractivity contribution in [3.05, 3.63) is 59.7 Å². The maximum absolute atomic E-state index is 11.8. The zero-order chi connectivity index (χ0) is 16.7. The Hall–Kier alpha value is -2.66. The molecule has 120 valence electrons. The normalized spacial score (nSPS) is 10.2. The first-order valence-electron chi connectivity index (χ1n) is 7.47. The lowest BCUT2D eigenvalue weighted by Crippen LogP contribution is -2.34. The van der Waals surface area contributed by atoms with Gasteiger partial charge in [0.15, 0.2) is 0 Å². The van der Waals surface area contributed by atoms with Gasteiger partial charge in [-0.2, -0.15) is 0 Å². The molecule has 0 aliphatic heterocycles. The van der Waals surface area contributed by atoms with Crippen molar-refractivity contribution in [2.24, 2.45) is 0 Å². The Morgan fingerprint density at radius 1 is 0.696 bits per heavy atom. The summed E-state index contributed by atoms with van der Waals surface area (Å²) in [5.41, 5.74) is 3.75. The molecule has 0 saturated carbocycles. The van der Waals surface area contributed by atoms with Gasteiger partial charge in [-0.25, -0.2) is 0 Å². The van der Waals surface area contributed by atoms with Gasteiger partial charge in [-0.05, 0) is 38.1 Å². The summed E-state index contributed by atoms with van der Waals surface area (Å²) in [4.78, 5) is 23.5. The van der Waals surface area contributed by atoms with Gasteiger partial charge < -0.3 is 10.6 Å². The minimum atomic E-state index is -0.183. The minimum Gasteiger partial charge on any atom is -0.325 e. The van der Waals surface area contributed by atoms with Crippen molar-refractivity contribution in [1.29, 1.82) is 0 Å². The summed E-state index contributed by atoms with van der Waals surface area (Å²) in [6.07, 6.45) is 0. The van der Waals surface area contributed by atoms with Gasteiger partial charge in [-0.3, -0.25) is 14.9 Å². The topological polar surface area (TPSA) is 70.2 Å². The lowest BCUT2D eigenvalue weighted by atomic mass is 10.2. The predicted octanol–water partition coefficient (Wildman–Crippen LogP) is 2.47. The maximum Gasteiger partial charge on any atom is 0.238 e. The van der Waals surface area contributed by atoms with E-state index in [9.17, 15) is 9.59 Å². The quantitative estimate of drug-likeness (QED) is 0.767. The van der Waals surface area contributed by atoms with Gasteiger partial charge in [0, 0.05) is 11.4 Å². The molecule has 3 N–H and O–H groups in total. The highest BCUT2D eigenvalue weighted by Gasteiger charge is 2.05. The Morgan fingerprint density at radius 3 is 1.39 bits per heavy atom. The molecule has 0 fully saturated rings. The molecular formula is C18H21N3O2. The predicted molar refractivity (Wildman–Crippen MR) is 92.5 cm³/mol. The molecule has 2 aromatic carbocycles. The van der Waals surface area contributed by atoms with E-state index in [4.69, 9.17) is 0 Å². The van der Waals surface area contributed by atoms with Crippen LogP contribution in [0.2, 0.25) is 0 Å². The second-order valence-electron chi connectivity index (χ2n) is 5.43. The maximum atomic E-state index is 11.8. The molecule has 23 heavy (non-hydrogen) atoms. The number of anilines is 2. The summed E-state index contributed by atoms with van der Waals surface area (Å²) < 4.78 is 0. The molecule has 0 aliphatic carbocycles. The molecule has 5 heteroatoms. The molecule has 2 amide bonds. The summed E-state index contributed by atoms with van der Waals surface area (Å²) in [5, 5.41) is 8.36. The molecule has 0 bridgehead atoms. The van der Waals surface area contributed by atoms with Crippen molar-refractivity contribution in [2.75, 3.05) is 23.7 Å². The van der Waals surface area contributed by atoms with Gasteiger partial charge in [-0.1, -0.05) is 35.4 Å². The molecule has 0 spiro atoms. The number of nitrogens with one attached hydrogen (secondary N) is 3. The van der Waals surface area contributed by atoms with E-state index in [-0.39, 0.29) is 24.9 Å². The van der Waals surface area contributed by atoms with E-state index >= 15 is 0 Å². The van der Waals surface area contributed by atoms with Crippen molar-refractivity contribution in [1.82, 2.24) is 5.32 Å². The number of hydrogen-bond acceptors (Lipinski definition) is 3. The molecule has 2 rings (SSSR count). The Balaban J connectivity index is 1.69. The molecule has 0 radical (unpaired) electrons. The van der Waals surface area contributed by atoms with Gasteiger partial charge in [0.25, 0.3) is 0 Å². The first-order valence-corrected chi connectivity index (χ1v) is 7.47. The highest BCUT2D eigenvalue weighted by molar-refractivity contribution is 5.94. The number of amides is 2. The van der Waals surface area contributed by atoms with Gasteiger partial charge in [0.2, 0.25) is 11.8 Å². The number of carbonyl (C=O) groups is 2. The molecule has 2 aromatic rings. The molecule has 0 unspecified atom stereocenters. The van der Waals surface area contributed by atoms with Crippen LogP contribution in [-0.4, -0.2) is 24.9 Å². The van der Waals surface area contributed by atoms with Crippen LogP contribution in [0.4, 0.5) is 11.4 Å². The van der Waals surface area contributed by atoms with Crippen LogP contribution in [0.3, 0.4) is 0 Å². The van der Waals surface area contributed by atoms with Crippen LogP contribution in [0.5, 0.6) is 0 Å². The second kappa shape index (κ2) is 8.10. The highest BCUT2D eigenvalue weighted by Crippen LogP contribution is 2.08. The molecule has 5 nitrogen and oxygen atoms in total. The Bertz CT molecular complexity index is 604. The molecule has 0 aliphatic rings. The molecule has 0 heterocycles. The highest BCUT2D eigenvalue weighted by atomic mass is 16.2. The van der Waals surface area contributed by atoms with Gasteiger partial charge in [-0.15, -0.1) is 0 Å². The van der Waals surface area contributed by atoms with Crippen molar-refractivity contribution >= 4 is 23.2 Å². The molecule has 0 aromatic heterocycles. The third-order valence-corrected chi connectivity index (χ3v) is 3.24. The SMILES string of the molecule is Cc1ccc(NC(=O)CNCC(=O)Nc2ccc(C)cc2)cc1. The summed E-state index contributed by atoms with van der Waals surface area (Å²) in [7, 11) is 0. The van der Waals surface area contributed by atoms with Gasteiger partial charge >= 0.3 is 0 Å². The van der Waals surface area contributed by atoms with Crippen molar-refractivity contribution in [3.63, 3.8) is 0 Å². The number of benzene rings is 2. The molecule has 0 atom stereocenters. The largest absolute Gasteiger partial charge is 0.325 e. The summed E-state index contributed by atoms with van der Waals surface area (Å²) in [5.74, 6) is -0.367. The van der Waals surface area contributed by atoms with E-state index in [2.05, 4.69) is 16.0 Å². The lowest BCUT2D eigenvalue weighted by molar-refractivity contribution is -0.116. The lowest BCUT2D eigenvalue weighted by Gasteiger charge is -2.08. The molecule has 0 saturated heterocycles. The average Bonchev–Trinajstić information content (AvgIpc) is 2.52. The van der Waals surface area contributed by atoms with E-state index < -0.39 is 0 Å². The van der Waals surface area contributed by atoms with Crippen LogP contribution in [-0.2, 0) is 9.59 Å². The van der Waals surface area contributed by atoms with Crippen LogP contribution >= 0.6 is 0 Å². The van der Waals surface area contributed by atoms with Crippen LogP contribution in [0.25, 0.3) is 0 Å². The van der Waals surface area contributed by atoms with Crippen LogP contribution < -0.4 is 16.0 Å². The summed E-state index contributed by atoms with van der Waals surface area (Å²) in [6, 6.07) is 15.1. The van der Waals surface area contributed by atoms with Gasteiger partial charge in [0.05, 0.1) is 13.1 Å². The van der Waals surface area contributed by atoms with E-state index in [0.717, 1.165) is 22.5 Å².